The van der Waals surface area contributed by atoms with Gasteiger partial charge in [0.25, 0.3) is 12.1 Å². The molecule has 2 aliphatic heterocycles. The molecule has 2 bridgehead atoms. The molecule has 0 saturated heterocycles. The van der Waals surface area contributed by atoms with E-state index in [1.807, 2.05) is 6.92 Å². The van der Waals surface area contributed by atoms with Crippen LogP contribution in [0, 0.1) is 6.07 Å². The normalized spacial score (nSPS) is 41.4. The number of rotatable bonds is 1. The van der Waals surface area contributed by atoms with Gasteiger partial charge in [0.1, 0.15) is 6.04 Å². The summed E-state index contributed by atoms with van der Waals surface area (Å²) in [5.74, 6) is 0. The van der Waals surface area contributed by atoms with Gasteiger partial charge in [-0.2, -0.15) is 0 Å². The van der Waals surface area contributed by atoms with E-state index in [2.05, 4.69) is 15.6 Å². The van der Waals surface area contributed by atoms with Crippen LogP contribution in [0.1, 0.15) is 51.9 Å². The highest BCUT2D eigenvalue weighted by Crippen LogP contribution is 2.35. The summed E-state index contributed by atoms with van der Waals surface area (Å²) in [7, 11) is 0. The first-order valence-electron chi connectivity index (χ1n) is 6.72. The van der Waals surface area contributed by atoms with Crippen molar-refractivity contribution in [2.24, 2.45) is 5.11 Å². The summed E-state index contributed by atoms with van der Waals surface area (Å²) in [6.07, 6.45) is 9.12. The second-order valence-corrected chi connectivity index (χ2v) is 5.43. The van der Waals surface area contributed by atoms with Crippen molar-refractivity contribution in [3.63, 3.8) is 0 Å². The van der Waals surface area contributed by atoms with Gasteiger partial charge in [-0.1, -0.05) is 4.85 Å². The summed E-state index contributed by atoms with van der Waals surface area (Å²) in [5.41, 5.74) is 0. The molecule has 4 rings (SSSR count). The molecule has 2 fully saturated rings. The van der Waals surface area contributed by atoms with Gasteiger partial charge in [-0.3, -0.25) is 0 Å². The Kier molecular flexibility index (Phi) is 2.67. The highest BCUT2D eigenvalue weighted by molar-refractivity contribution is 4.95. The third-order valence-electron chi connectivity index (χ3n) is 4.40. The van der Waals surface area contributed by atoms with Crippen molar-refractivity contribution < 1.29 is 4.70 Å². The summed E-state index contributed by atoms with van der Waals surface area (Å²) in [4.78, 5) is 4.41. The monoisotopic (exact) mass is 219 g/mol. The molecule has 16 heavy (non-hydrogen) atoms. The summed E-state index contributed by atoms with van der Waals surface area (Å²) in [6.45, 7) is 1.90. The number of nitrogens with zero attached hydrogens (tertiary/aromatic N) is 3. The highest BCUT2D eigenvalue weighted by Gasteiger charge is 2.46. The van der Waals surface area contributed by atoms with Gasteiger partial charge in [0.2, 0.25) is 0 Å². The molecule has 2 aliphatic carbocycles. The zero-order chi connectivity index (χ0) is 11.0. The Labute approximate surface area is 97.4 Å². The van der Waals surface area contributed by atoms with E-state index < -0.39 is 0 Å². The smallest absolute Gasteiger partial charge is 0.122 e. The van der Waals surface area contributed by atoms with Gasteiger partial charge in [0.15, 0.2) is 12.1 Å². The summed E-state index contributed by atoms with van der Waals surface area (Å²) in [6, 6.07) is 5.54. The molecule has 2 heterocycles. The lowest BCUT2D eigenvalue weighted by Crippen LogP contribution is -2.42. The molecule has 2 atom stereocenters. The van der Waals surface area contributed by atoms with Crippen LogP contribution in [-0.2, 0) is 0 Å². The van der Waals surface area contributed by atoms with Crippen molar-refractivity contribution in [2.45, 2.75) is 76.0 Å². The van der Waals surface area contributed by atoms with Crippen LogP contribution in [0.5, 0.6) is 0 Å². The van der Waals surface area contributed by atoms with Gasteiger partial charge >= 0.3 is 0 Å². The van der Waals surface area contributed by atoms with Crippen molar-refractivity contribution in [3.8, 4) is 6.07 Å². The third kappa shape index (κ3) is 1.75. The average molecular weight is 219 g/mol. The maximum atomic E-state index is 4.90. The summed E-state index contributed by atoms with van der Waals surface area (Å²) in [5, 5.41) is 4.90. The molecule has 4 aliphatic rings. The fraction of sp³-hybridized carbons (Fsp3) is 0.923. The van der Waals surface area contributed by atoms with E-state index >= 15 is 0 Å². The van der Waals surface area contributed by atoms with Crippen LogP contribution in [0.25, 0.3) is 4.85 Å². The Bertz CT molecular complexity index is 355. The van der Waals surface area contributed by atoms with E-state index in [9.17, 15) is 0 Å². The van der Waals surface area contributed by atoms with E-state index in [1.54, 1.807) is 0 Å². The quantitative estimate of drug-likeness (QED) is 0.604. The van der Waals surface area contributed by atoms with Gasteiger partial charge in [0, 0.05) is 25.7 Å². The van der Waals surface area contributed by atoms with Crippen molar-refractivity contribution in [3.05, 3.63) is 4.85 Å². The van der Waals surface area contributed by atoms with E-state index in [0.717, 1.165) is 6.04 Å². The summed E-state index contributed by atoms with van der Waals surface area (Å²) < 4.78 is 2.46. The van der Waals surface area contributed by atoms with Crippen molar-refractivity contribution in [2.75, 3.05) is 0 Å². The van der Waals surface area contributed by atoms with Gasteiger partial charge in [-0.25, -0.2) is 0 Å². The molecular formula is C13H21N3+2. The van der Waals surface area contributed by atoms with Gasteiger partial charge in [-0.15, -0.1) is 4.70 Å². The third-order valence-corrected chi connectivity index (χ3v) is 4.40. The first-order chi connectivity index (χ1) is 7.86. The SMILES string of the molecule is CC#[N+]C1CCC([N+]2=NC3CCC2CC3)C1. The van der Waals surface area contributed by atoms with Crippen LogP contribution in [0.3, 0.4) is 0 Å². The molecule has 0 aromatic carbocycles. The van der Waals surface area contributed by atoms with Gasteiger partial charge in [0.05, 0.1) is 13.3 Å². The Balaban J connectivity index is 1.72. The standard InChI is InChI=1S/C13H21N3/c1-2-14-11-5-8-13(9-11)16-12-6-3-10(15-16)4-7-12/h10-13H,3-9H2,1H3/q+2. The zero-order valence-electron chi connectivity index (χ0n) is 10.1. The van der Waals surface area contributed by atoms with E-state index in [-0.39, 0.29) is 0 Å². The average Bonchev–Trinajstić information content (AvgIpc) is 2.80. The highest BCUT2D eigenvalue weighted by atomic mass is 15.3. The molecule has 3 nitrogen and oxygen atoms in total. The predicted molar refractivity (Wildman–Crippen MR) is 63.1 cm³/mol. The van der Waals surface area contributed by atoms with Crippen LogP contribution in [-0.4, -0.2) is 28.9 Å². The fourth-order valence-corrected chi connectivity index (χ4v) is 3.59. The lowest BCUT2D eigenvalue weighted by molar-refractivity contribution is -0.676. The number of hydrogen-bond acceptors (Lipinski definition) is 1. The number of hydrogen-bond donors (Lipinski definition) is 0. The Hall–Kier alpha value is -0.910. The number of fused-ring (bicyclic) bond motifs is 2. The second kappa shape index (κ2) is 4.16. The van der Waals surface area contributed by atoms with E-state index in [0.29, 0.717) is 18.1 Å². The van der Waals surface area contributed by atoms with Crippen LogP contribution in [0.4, 0.5) is 0 Å². The minimum Gasteiger partial charge on any atom is -0.122 e. The molecule has 2 unspecified atom stereocenters. The van der Waals surface area contributed by atoms with Crippen molar-refractivity contribution >= 4 is 0 Å². The molecule has 3 heteroatoms. The topological polar surface area (TPSA) is 19.7 Å². The molecule has 0 N–H and O–H groups in total. The first-order valence-corrected chi connectivity index (χ1v) is 6.72. The van der Waals surface area contributed by atoms with Crippen LogP contribution in [0.2, 0.25) is 0 Å². The molecule has 0 radical (unpaired) electrons. The molecule has 0 spiro atoms. The Morgan fingerprint density at radius 3 is 2.44 bits per heavy atom. The minimum absolute atomic E-state index is 0.519. The molecule has 0 aromatic rings. The van der Waals surface area contributed by atoms with Crippen molar-refractivity contribution in [1.29, 1.82) is 0 Å². The summed E-state index contributed by atoms with van der Waals surface area (Å²) >= 11 is 0. The Morgan fingerprint density at radius 1 is 1.06 bits per heavy atom. The molecule has 86 valence electrons. The first kappa shape index (κ1) is 10.3. The fourth-order valence-electron chi connectivity index (χ4n) is 3.59. The van der Waals surface area contributed by atoms with Crippen LogP contribution < -0.4 is 0 Å². The maximum Gasteiger partial charge on any atom is 0.279 e. The molecule has 0 amide bonds. The lowest BCUT2D eigenvalue weighted by atomic mass is 9.89. The zero-order valence-corrected chi connectivity index (χ0v) is 10.1. The van der Waals surface area contributed by atoms with Crippen LogP contribution in [0.15, 0.2) is 5.11 Å². The minimum atomic E-state index is 0.519. The number of azo groups is 2. The molecule has 2 saturated carbocycles. The van der Waals surface area contributed by atoms with Crippen molar-refractivity contribution in [1.82, 2.24) is 0 Å². The molecule has 0 aromatic heterocycles. The van der Waals surface area contributed by atoms with Gasteiger partial charge in [-0.05, 0) is 18.0 Å². The van der Waals surface area contributed by atoms with E-state index in [4.69, 9.17) is 5.11 Å². The molecular weight excluding hydrogens is 198 g/mol. The largest absolute Gasteiger partial charge is 0.279 e. The lowest BCUT2D eigenvalue weighted by Gasteiger charge is -2.30. The van der Waals surface area contributed by atoms with Crippen LogP contribution >= 0.6 is 0 Å². The maximum absolute atomic E-state index is 4.90. The Morgan fingerprint density at radius 2 is 1.81 bits per heavy atom. The van der Waals surface area contributed by atoms with E-state index in [1.165, 1.54) is 44.9 Å². The van der Waals surface area contributed by atoms with Gasteiger partial charge < -0.3 is 0 Å². The second-order valence-electron chi connectivity index (χ2n) is 5.43. The predicted octanol–water partition coefficient (Wildman–Crippen LogP) is 3.05.